The van der Waals surface area contributed by atoms with Crippen molar-refractivity contribution in [1.82, 2.24) is 24.7 Å². The summed E-state index contributed by atoms with van der Waals surface area (Å²) < 4.78 is 7.37. The van der Waals surface area contributed by atoms with Crippen molar-refractivity contribution in [3.63, 3.8) is 0 Å². The van der Waals surface area contributed by atoms with Gasteiger partial charge in [-0.1, -0.05) is 30.3 Å². The summed E-state index contributed by atoms with van der Waals surface area (Å²) in [5.41, 5.74) is 4.44. The Kier molecular flexibility index (Phi) is 5.28. The Bertz CT molecular complexity index is 1320. The van der Waals surface area contributed by atoms with Crippen LogP contribution in [0.2, 0.25) is 0 Å². The molecule has 0 spiro atoms. The van der Waals surface area contributed by atoms with Gasteiger partial charge in [0.1, 0.15) is 23.5 Å². The lowest BCUT2D eigenvalue weighted by Crippen LogP contribution is -2.13. The normalized spacial score (nSPS) is 14.0. The van der Waals surface area contributed by atoms with E-state index in [0.717, 1.165) is 22.9 Å². The molecule has 0 radical (unpaired) electrons. The number of fused-ring (bicyclic) bond motifs is 1. The number of nitrogens with one attached hydrogen (secondary N) is 2. The zero-order valence-electron chi connectivity index (χ0n) is 18.0. The van der Waals surface area contributed by atoms with Crippen LogP contribution < -0.4 is 5.32 Å². The van der Waals surface area contributed by atoms with Crippen LogP contribution in [0.5, 0.6) is 0 Å². The molecule has 1 amide bonds. The van der Waals surface area contributed by atoms with Crippen LogP contribution in [-0.2, 0) is 4.74 Å². The van der Waals surface area contributed by atoms with Crippen molar-refractivity contribution in [3.8, 4) is 11.5 Å². The van der Waals surface area contributed by atoms with Gasteiger partial charge in [0.25, 0.3) is 5.91 Å². The van der Waals surface area contributed by atoms with Gasteiger partial charge >= 0.3 is 0 Å². The largest absolute Gasteiger partial charge is 0.377 e. The number of aromatic amines is 1. The van der Waals surface area contributed by atoms with Crippen molar-refractivity contribution in [2.75, 3.05) is 18.5 Å². The maximum Gasteiger partial charge on any atom is 0.273 e. The summed E-state index contributed by atoms with van der Waals surface area (Å²) in [5, 5.41) is 12.1. The van der Waals surface area contributed by atoms with Crippen molar-refractivity contribution in [2.45, 2.75) is 26.3 Å². The molecule has 0 bridgehead atoms. The number of benzene rings is 1. The Balaban J connectivity index is 1.42. The van der Waals surface area contributed by atoms with Gasteiger partial charge in [0, 0.05) is 17.0 Å². The number of para-hydroxylation sites is 1. The molecular weight excluding hydrogens is 404 g/mol. The maximum absolute atomic E-state index is 13.0. The van der Waals surface area contributed by atoms with Crippen molar-refractivity contribution < 1.29 is 9.53 Å². The summed E-state index contributed by atoms with van der Waals surface area (Å²) in [7, 11) is 0. The highest BCUT2D eigenvalue weighted by molar-refractivity contribution is 6.06. The van der Waals surface area contributed by atoms with Crippen LogP contribution in [0.3, 0.4) is 0 Å². The lowest BCUT2D eigenvalue weighted by molar-refractivity contribution is 0.102. The minimum absolute atomic E-state index is 0.200. The van der Waals surface area contributed by atoms with E-state index in [0.29, 0.717) is 36.2 Å². The van der Waals surface area contributed by atoms with Crippen LogP contribution in [0.15, 0.2) is 54.9 Å². The Morgan fingerprint density at radius 1 is 1.22 bits per heavy atom. The van der Waals surface area contributed by atoms with Crippen LogP contribution in [0.1, 0.15) is 42.4 Å². The molecule has 0 aliphatic carbocycles. The molecule has 0 atom stereocenters. The fourth-order valence-corrected chi connectivity index (χ4v) is 3.93. The highest BCUT2D eigenvalue weighted by Crippen LogP contribution is 2.29. The minimum atomic E-state index is -0.247. The fraction of sp³-hybridized carbons (Fsp3) is 0.250. The number of amides is 1. The van der Waals surface area contributed by atoms with Gasteiger partial charge in [0.15, 0.2) is 5.82 Å². The third kappa shape index (κ3) is 3.80. The molecule has 0 unspecified atom stereocenters. The van der Waals surface area contributed by atoms with E-state index in [1.54, 1.807) is 12.4 Å². The molecular formula is C24H24N6O2. The second-order valence-electron chi connectivity index (χ2n) is 8.02. The fourth-order valence-electron chi connectivity index (χ4n) is 3.93. The van der Waals surface area contributed by atoms with Crippen LogP contribution in [0.25, 0.3) is 28.0 Å². The number of hydrogen-bond acceptors (Lipinski definition) is 5. The summed E-state index contributed by atoms with van der Waals surface area (Å²) in [5.74, 6) is 0.871. The van der Waals surface area contributed by atoms with E-state index in [1.807, 2.05) is 34.9 Å². The van der Waals surface area contributed by atoms with E-state index in [1.165, 1.54) is 5.57 Å². The average molecular weight is 428 g/mol. The molecule has 0 fully saturated rings. The highest BCUT2D eigenvalue weighted by atomic mass is 16.5. The number of aromatic nitrogens is 5. The number of anilines is 1. The number of carbonyl (C=O) groups excluding carboxylic acids is 1. The van der Waals surface area contributed by atoms with Crippen molar-refractivity contribution in [2.24, 2.45) is 0 Å². The number of H-pyrrole nitrogens is 1. The molecule has 1 aromatic carbocycles. The van der Waals surface area contributed by atoms with E-state index >= 15 is 0 Å². The Morgan fingerprint density at radius 3 is 2.91 bits per heavy atom. The monoisotopic (exact) mass is 428 g/mol. The summed E-state index contributed by atoms with van der Waals surface area (Å²) in [6, 6.07) is 13.6. The summed E-state index contributed by atoms with van der Waals surface area (Å²) in [6.07, 6.45) is 4.64. The molecule has 32 heavy (non-hydrogen) atoms. The second kappa shape index (κ2) is 8.39. The van der Waals surface area contributed by atoms with E-state index in [9.17, 15) is 4.79 Å². The number of pyridine rings is 1. The minimum Gasteiger partial charge on any atom is -0.377 e. The maximum atomic E-state index is 13.0. The molecule has 0 saturated heterocycles. The predicted octanol–water partition coefficient (Wildman–Crippen LogP) is 4.46. The molecule has 4 heterocycles. The van der Waals surface area contributed by atoms with E-state index < -0.39 is 0 Å². The van der Waals surface area contributed by atoms with Crippen molar-refractivity contribution in [3.05, 3.63) is 66.1 Å². The first kappa shape index (κ1) is 20.1. The number of hydrogen-bond donors (Lipinski definition) is 2. The van der Waals surface area contributed by atoms with Crippen LogP contribution >= 0.6 is 0 Å². The molecule has 3 aromatic heterocycles. The third-order valence-corrected chi connectivity index (χ3v) is 5.56. The number of rotatable bonds is 5. The van der Waals surface area contributed by atoms with Gasteiger partial charge in [-0.2, -0.15) is 0 Å². The van der Waals surface area contributed by atoms with Crippen LogP contribution in [0, 0.1) is 0 Å². The summed E-state index contributed by atoms with van der Waals surface area (Å²) in [4.78, 5) is 20.9. The van der Waals surface area contributed by atoms with Gasteiger partial charge in [0.05, 0.1) is 18.7 Å². The first-order valence-corrected chi connectivity index (χ1v) is 10.7. The molecule has 5 rings (SSSR count). The molecule has 8 heteroatoms. The zero-order chi connectivity index (χ0) is 22.1. The molecule has 162 valence electrons. The lowest BCUT2D eigenvalue weighted by atomic mass is 9.99. The molecule has 1 aliphatic rings. The number of carbonyl (C=O) groups is 1. The second-order valence-corrected chi connectivity index (χ2v) is 8.02. The summed E-state index contributed by atoms with van der Waals surface area (Å²) >= 11 is 0. The van der Waals surface area contributed by atoms with E-state index in [-0.39, 0.29) is 11.9 Å². The number of nitrogens with zero attached hydrogens (tertiary/aromatic N) is 4. The first-order chi connectivity index (χ1) is 15.6. The quantitative estimate of drug-likeness (QED) is 0.489. The zero-order valence-corrected chi connectivity index (χ0v) is 18.0. The Labute approximate surface area is 185 Å². The standard InChI is InChI=1S/C24H24N6O2/c1-15(2)30-14-25-29-23(30)19-7-4-8-21(26-19)28-24(31)20-13-17-5-3-6-18(22(17)27-20)16-9-11-32-12-10-16/h3-9,13-15,27H,10-12H2,1-2H3,(H,26,28,31). The van der Waals surface area contributed by atoms with Gasteiger partial charge in [-0.3, -0.25) is 4.79 Å². The Morgan fingerprint density at radius 2 is 2.09 bits per heavy atom. The van der Waals surface area contributed by atoms with E-state index in [4.69, 9.17) is 4.74 Å². The molecule has 4 aromatic rings. The van der Waals surface area contributed by atoms with Gasteiger partial charge in [-0.05, 0) is 44.0 Å². The Hall–Kier alpha value is -3.78. The average Bonchev–Trinajstić information content (AvgIpc) is 3.47. The van der Waals surface area contributed by atoms with Gasteiger partial charge in [-0.15, -0.1) is 10.2 Å². The van der Waals surface area contributed by atoms with Gasteiger partial charge in [0.2, 0.25) is 0 Å². The predicted molar refractivity (Wildman–Crippen MR) is 123 cm³/mol. The molecule has 2 N–H and O–H groups in total. The van der Waals surface area contributed by atoms with Crippen LogP contribution in [0.4, 0.5) is 5.82 Å². The molecule has 0 saturated carbocycles. The lowest BCUT2D eigenvalue weighted by Gasteiger charge is -2.14. The summed E-state index contributed by atoms with van der Waals surface area (Å²) in [6.45, 7) is 5.44. The smallest absolute Gasteiger partial charge is 0.273 e. The first-order valence-electron chi connectivity index (χ1n) is 10.7. The van der Waals surface area contributed by atoms with Crippen molar-refractivity contribution in [1.29, 1.82) is 0 Å². The number of ether oxygens (including phenoxy) is 1. The SMILES string of the molecule is CC(C)n1cnnc1-c1cccc(NC(=O)c2cc3cccc(C4=CCOCC4)c3[nH]2)n1. The highest BCUT2D eigenvalue weighted by Gasteiger charge is 2.16. The van der Waals surface area contributed by atoms with Gasteiger partial charge < -0.3 is 19.6 Å². The van der Waals surface area contributed by atoms with E-state index in [2.05, 4.69) is 51.5 Å². The van der Waals surface area contributed by atoms with Crippen LogP contribution in [-0.4, -0.2) is 43.9 Å². The molecule has 8 nitrogen and oxygen atoms in total. The van der Waals surface area contributed by atoms with Gasteiger partial charge in [-0.25, -0.2) is 4.98 Å². The van der Waals surface area contributed by atoms with Crippen molar-refractivity contribution >= 4 is 28.2 Å². The topological polar surface area (TPSA) is 97.7 Å². The molecule has 1 aliphatic heterocycles. The third-order valence-electron chi connectivity index (χ3n) is 5.56.